The van der Waals surface area contributed by atoms with Crippen LogP contribution in [0.15, 0.2) is 24.3 Å². The van der Waals surface area contributed by atoms with E-state index in [0.29, 0.717) is 11.0 Å². The molecule has 6 heteroatoms. The Kier molecular flexibility index (Phi) is 3.39. The van der Waals surface area contributed by atoms with Crippen LogP contribution in [0.2, 0.25) is 0 Å². The van der Waals surface area contributed by atoms with Crippen molar-refractivity contribution < 1.29 is 18.0 Å². The number of nitrogens with one attached hydrogen (secondary N) is 1. The molecule has 15 heavy (non-hydrogen) atoms. The second-order valence-electron chi connectivity index (χ2n) is 2.92. The first kappa shape index (κ1) is 11.6. The summed E-state index contributed by atoms with van der Waals surface area (Å²) in [6, 6.07) is 6.20. The van der Waals surface area contributed by atoms with Gasteiger partial charge in [-0.3, -0.25) is 4.79 Å². The molecule has 0 aromatic heterocycles. The van der Waals surface area contributed by atoms with Gasteiger partial charge in [-0.25, -0.2) is 0 Å². The third-order valence-electron chi connectivity index (χ3n) is 1.69. The standard InChI is InChI=1S/C9H7BF3NO/c10-7-3-1-6(2-4-7)5-14-8(15)9(11,12)13/h1-4H,5H2,(H,14,15). The van der Waals surface area contributed by atoms with Crippen LogP contribution >= 0.6 is 0 Å². The number of amides is 1. The van der Waals surface area contributed by atoms with E-state index in [0.717, 1.165) is 0 Å². The van der Waals surface area contributed by atoms with Crippen molar-refractivity contribution in [2.24, 2.45) is 0 Å². The van der Waals surface area contributed by atoms with Gasteiger partial charge in [0.2, 0.25) is 0 Å². The summed E-state index contributed by atoms with van der Waals surface area (Å²) in [5.74, 6) is -1.95. The van der Waals surface area contributed by atoms with Crippen LogP contribution in [-0.4, -0.2) is 19.9 Å². The van der Waals surface area contributed by atoms with Gasteiger partial charge in [0.1, 0.15) is 7.85 Å². The van der Waals surface area contributed by atoms with E-state index in [2.05, 4.69) is 0 Å². The minimum absolute atomic E-state index is 0.168. The van der Waals surface area contributed by atoms with Gasteiger partial charge in [-0.2, -0.15) is 13.2 Å². The van der Waals surface area contributed by atoms with E-state index < -0.39 is 12.1 Å². The molecule has 2 nitrogen and oxygen atoms in total. The van der Waals surface area contributed by atoms with Crippen LogP contribution in [0.3, 0.4) is 0 Å². The molecule has 0 bridgehead atoms. The van der Waals surface area contributed by atoms with Gasteiger partial charge in [0.15, 0.2) is 0 Å². The third-order valence-corrected chi connectivity index (χ3v) is 1.69. The van der Waals surface area contributed by atoms with E-state index in [4.69, 9.17) is 7.85 Å². The molecule has 0 unspecified atom stereocenters. The lowest BCUT2D eigenvalue weighted by molar-refractivity contribution is -0.173. The highest BCUT2D eigenvalue weighted by Crippen LogP contribution is 2.14. The first-order chi connectivity index (χ1) is 6.89. The van der Waals surface area contributed by atoms with Gasteiger partial charge in [-0.05, 0) is 5.56 Å². The number of carbonyl (C=O) groups is 1. The predicted octanol–water partition coefficient (Wildman–Crippen LogP) is 0.659. The van der Waals surface area contributed by atoms with Crippen LogP contribution in [0, 0.1) is 0 Å². The Bertz CT molecular complexity index is 347. The van der Waals surface area contributed by atoms with Gasteiger partial charge in [-0.1, -0.05) is 29.7 Å². The average Bonchev–Trinajstić information content (AvgIpc) is 2.15. The Hall–Kier alpha value is -1.46. The fraction of sp³-hybridized carbons (Fsp3) is 0.222. The molecular formula is C9H7BF3NO. The first-order valence-electron chi connectivity index (χ1n) is 4.09. The van der Waals surface area contributed by atoms with Gasteiger partial charge >= 0.3 is 12.1 Å². The summed E-state index contributed by atoms with van der Waals surface area (Å²) in [6.07, 6.45) is -4.84. The summed E-state index contributed by atoms with van der Waals surface area (Å²) >= 11 is 0. The van der Waals surface area contributed by atoms with Crippen LogP contribution in [0.5, 0.6) is 0 Å². The topological polar surface area (TPSA) is 29.1 Å². The predicted molar refractivity (Wildman–Crippen MR) is 49.7 cm³/mol. The number of hydrogen-bond donors (Lipinski definition) is 1. The van der Waals surface area contributed by atoms with Crippen molar-refractivity contribution >= 4 is 19.2 Å². The minimum atomic E-state index is -4.84. The fourth-order valence-corrected chi connectivity index (χ4v) is 0.918. The van der Waals surface area contributed by atoms with Crippen LogP contribution in [0.25, 0.3) is 0 Å². The number of carbonyl (C=O) groups excluding carboxylic acids is 1. The van der Waals surface area contributed by atoms with Crippen LogP contribution < -0.4 is 10.8 Å². The number of alkyl halides is 3. The van der Waals surface area contributed by atoms with Crippen molar-refractivity contribution in [1.29, 1.82) is 0 Å². The van der Waals surface area contributed by atoms with E-state index in [1.54, 1.807) is 29.6 Å². The van der Waals surface area contributed by atoms with Crippen LogP contribution in [-0.2, 0) is 11.3 Å². The zero-order valence-electron chi connectivity index (χ0n) is 7.64. The van der Waals surface area contributed by atoms with Gasteiger partial charge in [0.05, 0.1) is 0 Å². The lowest BCUT2D eigenvalue weighted by atomic mass is 9.95. The molecule has 0 fully saturated rings. The Morgan fingerprint density at radius 2 is 1.80 bits per heavy atom. The minimum Gasteiger partial charge on any atom is -0.344 e. The largest absolute Gasteiger partial charge is 0.471 e. The molecule has 1 rings (SSSR count). The maximum atomic E-state index is 11.8. The molecule has 0 spiro atoms. The summed E-state index contributed by atoms with van der Waals surface area (Å²) in [5.41, 5.74) is 1.07. The number of benzene rings is 1. The van der Waals surface area contributed by atoms with Crippen LogP contribution in [0.1, 0.15) is 5.56 Å². The van der Waals surface area contributed by atoms with Crippen molar-refractivity contribution in [2.45, 2.75) is 12.7 Å². The van der Waals surface area contributed by atoms with Crippen molar-refractivity contribution in [3.8, 4) is 0 Å². The van der Waals surface area contributed by atoms with Crippen molar-refractivity contribution in [3.05, 3.63) is 29.8 Å². The second kappa shape index (κ2) is 4.38. The molecule has 0 saturated carbocycles. The summed E-state index contributed by atoms with van der Waals surface area (Å²) in [4.78, 5) is 10.4. The highest BCUT2D eigenvalue weighted by molar-refractivity contribution is 6.32. The number of halogens is 3. The van der Waals surface area contributed by atoms with Gasteiger partial charge < -0.3 is 5.32 Å². The third kappa shape index (κ3) is 3.65. The molecule has 0 aliphatic rings. The van der Waals surface area contributed by atoms with Crippen LogP contribution in [0.4, 0.5) is 13.2 Å². The molecule has 0 saturated heterocycles. The highest BCUT2D eigenvalue weighted by atomic mass is 19.4. The zero-order chi connectivity index (χ0) is 11.5. The SMILES string of the molecule is [B]c1ccc(CNC(=O)C(F)(F)F)cc1. The summed E-state index contributed by atoms with van der Waals surface area (Å²) in [7, 11) is 5.38. The molecule has 1 aromatic carbocycles. The van der Waals surface area contributed by atoms with Gasteiger partial charge in [0.25, 0.3) is 0 Å². The summed E-state index contributed by atoms with van der Waals surface area (Å²) < 4.78 is 35.4. The van der Waals surface area contributed by atoms with Crippen molar-refractivity contribution in [3.63, 3.8) is 0 Å². The molecule has 1 amide bonds. The molecular weight excluding hydrogens is 206 g/mol. The molecule has 0 atom stereocenters. The Morgan fingerprint density at radius 1 is 1.27 bits per heavy atom. The molecule has 1 aromatic rings. The fourth-order valence-electron chi connectivity index (χ4n) is 0.918. The Labute approximate surface area is 85.9 Å². The van der Waals surface area contributed by atoms with Gasteiger partial charge in [-0.15, -0.1) is 0 Å². The smallest absolute Gasteiger partial charge is 0.344 e. The molecule has 0 aliphatic heterocycles. The molecule has 2 radical (unpaired) electrons. The normalized spacial score (nSPS) is 11.1. The highest BCUT2D eigenvalue weighted by Gasteiger charge is 2.38. The lowest BCUT2D eigenvalue weighted by Gasteiger charge is -2.07. The van der Waals surface area contributed by atoms with Crippen molar-refractivity contribution in [1.82, 2.24) is 5.32 Å². The quantitative estimate of drug-likeness (QED) is 0.718. The van der Waals surface area contributed by atoms with Gasteiger partial charge in [0, 0.05) is 6.54 Å². The van der Waals surface area contributed by atoms with E-state index >= 15 is 0 Å². The zero-order valence-corrected chi connectivity index (χ0v) is 7.64. The van der Waals surface area contributed by atoms with E-state index in [1.165, 1.54) is 0 Å². The second-order valence-corrected chi connectivity index (χ2v) is 2.92. The van der Waals surface area contributed by atoms with Crippen molar-refractivity contribution in [2.75, 3.05) is 0 Å². The van der Waals surface area contributed by atoms with E-state index in [-0.39, 0.29) is 6.54 Å². The molecule has 0 heterocycles. The Morgan fingerprint density at radius 3 is 2.27 bits per heavy atom. The van der Waals surface area contributed by atoms with E-state index in [1.807, 2.05) is 0 Å². The first-order valence-corrected chi connectivity index (χ1v) is 4.09. The summed E-state index contributed by atoms with van der Waals surface area (Å²) in [5, 5.41) is 1.75. The van der Waals surface area contributed by atoms with E-state index in [9.17, 15) is 18.0 Å². The average molecular weight is 213 g/mol. The maximum Gasteiger partial charge on any atom is 0.471 e. The Balaban J connectivity index is 2.51. The monoisotopic (exact) mass is 213 g/mol. The molecule has 0 aliphatic carbocycles. The lowest BCUT2D eigenvalue weighted by Crippen LogP contribution is -2.36. The number of rotatable bonds is 2. The molecule has 78 valence electrons. The molecule has 1 N–H and O–H groups in total. The summed E-state index contributed by atoms with van der Waals surface area (Å²) in [6.45, 7) is -0.168. The number of hydrogen-bond acceptors (Lipinski definition) is 1. The maximum absolute atomic E-state index is 11.8.